The molecule has 0 atom stereocenters. The van der Waals surface area contributed by atoms with Gasteiger partial charge in [-0.05, 0) is 50.1 Å². The summed E-state index contributed by atoms with van der Waals surface area (Å²) in [6.07, 6.45) is -4.17. The fraction of sp³-hybridized carbons (Fsp3) is 0.370. The Kier molecular flexibility index (Phi) is 11.3. The highest BCUT2D eigenvalue weighted by Crippen LogP contribution is 2.33. The smallest absolute Gasteiger partial charge is 0.435 e. The molecule has 0 bridgehead atoms. The Hall–Kier alpha value is -4.67. The average Bonchev–Trinajstić information content (AvgIpc) is 3.44. The second-order valence-corrected chi connectivity index (χ2v) is 11.2. The number of aryl methyl sites for hydroxylation is 1. The Morgan fingerprint density at radius 1 is 1.11 bits per heavy atom. The molecule has 1 N–H and O–H groups in total. The van der Waals surface area contributed by atoms with E-state index in [0.717, 1.165) is 33.5 Å². The zero-order valence-corrected chi connectivity index (χ0v) is 24.9. The molecule has 0 aliphatic heterocycles. The molecule has 3 rings (SSSR count). The van der Waals surface area contributed by atoms with E-state index in [2.05, 4.69) is 20.0 Å². The zero-order chi connectivity index (χ0) is 32.5. The monoisotopic (exact) mass is 640 g/mol. The minimum absolute atomic E-state index is 0.130. The largest absolute Gasteiger partial charge is 0.569 e. The van der Waals surface area contributed by atoms with Crippen LogP contribution < -0.4 is 4.72 Å². The van der Waals surface area contributed by atoms with Crippen molar-refractivity contribution in [1.29, 1.82) is 0 Å². The molecule has 17 heteroatoms. The van der Waals surface area contributed by atoms with E-state index < -0.39 is 40.6 Å². The molecule has 238 valence electrons. The molecule has 0 saturated heterocycles. The molecule has 0 spiro atoms. The summed E-state index contributed by atoms with van der Waals surface area (Å²) in [5, 5.41) is 19.8. The highest BCUT2D eigenvalue weighted by atomic mass is 32.2. The normalized spacial score (nSPS) is 12.1. The van der Waals surface area contributed by atoms with Crippen LogP contribution in [0.5, 0.6) is 0 Å². The van der Waals surface area contributed by atoms with Crippen molar-refractivity contribution < 1.29 is 45.7 Å². The number of nitrogens with one attached hydrogen (secondary N) is 1. The number of benzene rings is 2. The van der Waals surface area contributed by atoms with Gasteiger partial charge in [-0.3, -0.25) is 9.59 Å². The van der Waals surface area contributed by atoms with Gasteiger partial charge in [0.05, 0.1) is 34.8 Å². The van der Waals surface area contributed by atoms with Gasteiger partial charge in [-0.15, -0.1) is 5.01 Å². The lowest BCUT2D eigenvalue weighted by molar-refractivity contribution is -0.706. The summed E-state index contributed by atoms with van der Waals surface area (Å²) in [5.74, 6) is -1.31. The number of rotatable bonds is 14. The van der Waals surface area contributed by atoms with Gasteiger partial charge in [0, 0.05) is 18.4 Å². The molecular formula is C27H31F3N6O7S. The van der Waals surface area contributed by atoms with Crippen molar-refractivity contribution in [3.8, 4) is 16.9 Å². The first kappa shape index (κ1) is 33.8. The number of hydrogen-bond acceptors (Lipinski definition) is 9. The summed E-state index contributed by atoms with van der Waals surface area (Å²) < 4.78 is 73.5. The van der Waals surface area contributed by atoms with E-state index in [1.54, 1.807) is 31.2 Å². The summed E-state index contributed by atoms with van der Waals surface area (Å²) in [6, 6.07) is 12.6. The fourth-order valence-electron chi connectivity index (χ4n) is 3.71. The Labute approximate surface area is 251 Å². The number of ether oxygens (including phenoxy) is 1. The van der Waals surface area contributed by atoms with Crippen molar-refractivity contribution in [2.45, 2.75) is 50.6 Å². The number of amides is 1. The number of sulfonamides is 1. The molecule has 0 fully saturated rings. The Balaban J connectivity index is 1.58. The van der Waals surface area contributed by atoms with E-state index in [1.807, 2.05) is 11.6 Å². The van der Waals surface area contributed by atoms with Crippen LogP contribution in [-0.4, -0.2) is 60.4 Å². The number of halogens is 3. The third-order valence-electron chi connectivity index (χ3n) is 6.10. The molecule has 0 radical (unpaired) electrons. The quantitative estimate of drug-likeness (QED) is 0.0669. The van der Waals surface area contributed by atoms with Crippen molar-refractivity contribution in [2.75, 3.05) is 20.4 Å². The Morgan fingerprint density at radius 2 is 1.77 bits per heavy atom. The molecule has 0 saturated carbocycles. The van der Waals surface area contributed by atoms with Crippen LogP contribution in [0.3, 0.4) is 0 Å². The summed E-state index contributed by atoms with van der Waals surface area (Å²) in [5.41, 5.74) is 0.625. The number of esters is 1. The van der Waals surface area contributed by atoms with E-state index in [4.69, 9.17) is 0 Å². The van der Waals surface area contributed by atoms with Crippen molar-refractivity contribution in [1.82, 2.24) is 19.5 Å². The molecule has 0 aliphatic rings. The van der Waals surface area contributed by atoms with Crippen LogP contribution in [0.1, 0.15) is 43.9 Å². The van der Waals surface area contributed by atoms with Gasteiger partial charge in [-0.1, -0.05) is 36.8 Å². The number of nitrogens with zero attached hydrogens (tertiary/aromatic N) is 5. The second-order valence-electron chi connectivity index (χ2n) is 9.50. The number of aromatic nitrogens is 2. The zero-order valence-electron chi connectivity index (χ0n) is 24.1. The number of hydrogen-bond donors (Lipinski definition) is 1. The van der Waals surface area contributed by atoms with Gasteiger partial charge in [0.1, 0.15) is 0 Å². The number of carbonyl (C=O) groups excluding carboxylic acids is 2. The molecule has 2 aromatic carbocycles. The number of carbonyl (C=O) groups is 2. The van der Waals surface area contributed by atoms with Crippen molar-refractivity contribution in [2.24, 2.45) is 5.28 Å². The van der Waals surface area contributed by atoms with E-state index in [9.17, 15) is 36.4 Å². The summed E-state index contributed by atoms with van der Waals surface area (Å²) in [6.45, 7) is 3.06. The molecule has 1 amide bonds. The Morgan fingerprint density at radius 3 is 2.39 bits per heavy atom. The second kappa shape index (κ2) is 14.7. The summed E-state index contributed by atoms with van der Waals surface area (Å²) >= 11 is 0. The van der Waals surface area contributed by atoms with Crippen molar-refractivity contribution in [3.05, 3.63) is 71.1 Å². The SMILES string of the molecule is CCC(=O)OCON=[N+]([O-])N(C)CCCCC(=O)NS(=O)(=O)c1ccc(-n2nc(C(F)(F)F)cc2-c2ccc(C)cc2)cc1. The van der Waals surface area contributed by atoms with E-state index in [0.29, 0.717) is 12.0 Å². The first-order chi connectivity index (χ1) is 20.7. The third-order valence-corrected chi connectivity index (χ3v) is 7.49. The van der Waals surface area contributed by atoms with Gasteiger partial charge in [-0.25, -0.2) is 17.8 Å². The number of alkyl halides is 3. The molecule has 0 aliphatic carbocycles. The van der Waals surface area contributed by atoms with Crippen LogP contribution in [0.2, 0.25) is 0 Å². The highest BCUT2D eigenvalue weighted by molar-refractivity contribution is 7.90. The first-order valence-electron chi connectivity index (χ1n) is 13.3. The molecule has 1 heterocycles. The van der Waals surface area contributed by atoms with Crippen LogP contribution >= 0.6 is 0 Å². The lowest BCUT2D eigenvalue weighted by atomic mass is 10.1. The van der Waals surface area contributed by atoms with E-state index in [-0.39, 0.29) is 47.1 Å². The maximum Gasteiger partial charge on any atom is 0.435 e. The standard InChI is InChI=1S/C27H31F3N6O7S/c1-4-26(38)42-18-43-33-36(39)34(3)16-6-5-7-25(37)32-44(40,41)22-14-12-21(13-15-22)35-23(17-24(31-35)27(28,29)30)20-10-8-19(2)9-11-20/h8-15,17H,4-7,16,18H2,1-3H3,(H,32,37). The molecule has 3 aromatic rings. The molecule has 1 aromatic heterocycles. The van der Waals surface area contributed by atoms with Crippen molar-refractivity contribution >= 4 is 21.9 Å². The van der Waals surface area contributed by atoms with Crippen LogP contribution in [0.4, 0.5) is 13.2 Å². The Bertz CT molecular complexity index is 1570. The first-order valence-corrected chi connectivity index (χ1v) is 14.8. The van der Waals surface area contributed by atoms with Gasteiger partial charge in [0.15, 0.2) is 5.69 Å². The van der Waals surface area contributed by atoms with Gasteiger partial charge in [0.2, 0.25) is 11.2 Å². The predicted molar refractivity (Wildman–Crippen MR) is 149 cm³/mol. The molecule has 44 heavy (non-hydrogen) atoms. The van der Waals surface area contributed by atoms with Gasteiger partial charge < -0.3 is 14.8 Å². The van der Waals surface area contributed by atoms with Crippen LogP contribution in [0.25, 0.3) is 16.9 Å². The highest BCUT2D eigenvalue weighted by Gasteiger charge is 2.35. The van der Waals surface area contributed by atoms with Crippen molar-refractivity contribution in [3.63, 3.8) is 0 Å². The predicted octanol–water partition coefficient (Wildman–Crippen LogP) is 4.49. The summed E-state index contributed by atoms with van der Waals surface area (Å²) in [7, 11) is -2.87. The lowest BCUT2D eigenvalue weighted by Crippen LogP contribution is -2.31. The van der Waals surface area contributed by atoms with Gasteiger partial charge >= 0.3 is 12.1 Å². The summed E-state index contributed by atoms with van der Waals surface area (Å²) in [4.78, 5) is 27.7. The maximum atomic E-state index is 13.5. The third kappa shape index (κ3) is 9.42. The minimum Gasteiger partial charge on any atom is -0.569 e. The van der Waals surface area contributed by atoms with Gasteiger partial charge in [0.25, 0.3) is 16.8 Å². The fourth-order valence-corrected chi connectivity index (χ4v) is 4.73. The van der Waals surface area contributed by atoms with Gasteiger partial charge in [-0.2, -0.15) is 18.3 Å². The maximum absolute atomic E-state index is 13.5. The molecular weight excluding hydrogens is 609 g/mol. The average molecular weight is 641 g/mol. The van der Waals surface area contributed by atoms with E-state index >= 15 is 0 Å². The van der Waals surface area contributed by atoms with Crippen LogP contribution in [-0.2, 0) is 35.4 Å². The molecule has 13 nitrogen and oxygen atoms in total. The molecule has 0 unspecified atom stereocenters. The van der Waals surface area contributed by atoms with E-state index in [1.165, 1.54) is 19.2 Å². The number of unbranched alkanes of at least 4 members (excludes halogenated alkanes) is 1. The van der Waals surface area contributed by atoms with Crippen LogP contribution in [0.15, 0.2) is 64.8 Å². The number of hydrazine groups is 1. The lowest BCUT2D eigenvalue weighted by Gasteiger charge is -2.13. The van der Waals surface area contributed by atoms with Crippen LogP contribution in [0, 0.1) is 12.1 Å². The topological polar surface area (TPSA) is 158 Å². The minimum atomic E-state index is -4.70.